The van der Waals surface area contributed by atoms with Crippen molar-refractivity contribution in [2.45, 2.75) is 32.3 Å². The van der Waals surface area contributed by atoms with E-state index in [1.54, 1.807) is 24.3 Å². The van der Waals surface area contributed by atoms with Crippen molar-refractivity contribution >= 4 is 22.6 Å². The molecule has 0 unspecified atom stereocenters. The minimum Gasteiger partial charge on any atom is -0.481 e. The van der Waals surface area contributed by atoms with Gasteiger partial charge in [-0.15, -0.1) is 0 Å². The van der Waals surface area contributed by atoms with Gasteiger partial charge in [0, 0.05) is 25.5 Å². The van der Waals surface area contributed by atoms with Gasteiger partial charge in [0.25, 0.3) is 11.5 Å². The molecule has 8 heteroatoms. The zero-order valence-corrected chi connectivity index (χ0v) is 15.4. The van der Waals surface area contributed by atoms with E-state index < -0.39 is 23.4 Å². The Morgan fingerprint density at radius 3 is 2.56 bits per heavy atom. The Labute approximate surface area is 156 Å². The molecular formula is C19H23N3O5. The molecule has 1 aliphatic heterocycles. The van der Waals surface area contributed by atoms with E-state index in [0.717, 1.165) is 4.68 Å². The molecule has 2 N–H and O–H groups in total. The number of likely N-dealkylation sites (tertiary alicyclic amines) is 1. The van der Waals surface area contributed by atoms with Crippen molar-refractivity contribution in [3.05, 3.63) is 40.3 Å². The van der Waals surface area contributed by atoms with Crippen LogP contribution in [0.4, 0.5) is 0 Å². The zero-order valence-electron chi connectivity index (χ0n) is 15.4. The van der Waals surface area contributed by atoms with Crippen LogP contribution in [0.2, 0.25) is 0 Å². The lowest BCUT2D eigenvalue weighted by molar-refractivity contribution is -0.162. The first kappa shape index (κ1) is 19.0. The van der Waals surface area contributed by atoms with E-state index in [1.807, 2.05) is 6.92 Å². The number of aromatic nitrogens is 2. The van der Waals surface area contributed by atoms with E-state index in [1.165, 1.54) is 11.9 Å². The number of hydrogen-bond acceptors (Lipinski definition) is 5. The predicted octanol–water partition coefficient (Wildman–Crippen LogP) is 1.01. The lowest BCUT2D eigenvalue weighted by Crippen LogP contribution is -2.56. The summed E-state index contributed by atoms with van der Waals surface area (Å²) in [6.45, 7) is 2.00. The van der Waals surface area contributed by atoms with Gasteiger partial charge >= 0.3 is 5.97 Å². The Morgan fingerprint density at radius 2 is 1.96 bits per heavy atom. The van der Waals surface area contributed by atoms with Crippen molar-refractivity contribution in [1.29, 1.82) is 0 Å². The molecule has 0 radical (unpaired) electrons. The molecule has 2 heterocycles. The number of carbonyl (C=O) groups is 2. The maximum Gasteiger partial charge on any atom is 0.312 e. The quantitative estimate of drug-likeness (QED) is 0.827. The number of aliphatic hydroxyl groups is 1. The monoisotopic (exact) mass is 373 g/mol. The lowest BCUT2D eigenvalue weighted by atomic mass is 9.72. The summed E-state index contributed by atoms with van der Waals surface area (Å²) >= 11 is 0. The number of aliphatic hydroxyl groups excluding tert-OH is 1. The summed E-state index contributed by atoms with van der Waals surface area (Å²) < 4.78 is 1.12. The summed E-state index contributed by atoms with van der Waals surface area (Å²) in [5, 5.41) is 25.1. The fourth-order valence-electron chi connectivity index (χ4n) is 3.86. The Kier molecular flexibility index (Phi) is 5.01. The second-order valence-electron chi connectivity index (χ2n) is 7.05. The molecule has 0 spiro atoms. The van der Waals surface area contributed by atoms with Gasteiger partial charge in [-0.25, -0.2) is 4.68 Å². The number of amides is 1. The van der Waals surface area contributed by atoms with Gasteiger partial charge in [-0.05, 0) is 18.9 Å². The van der Waals surface area contributed by atoms with Crippen LogP contribution in [0.3, 0.4) is 0 Å². The third kappa shape index (κ3) is 3.10. The first-order valence-electron chi connectivity index (χ1n) is 8.98. The largest absolute Gasteiger partial charge is 0.481 e. The minimum absolute atomic E-state index is 0.0794. The topological polar surface area (TPSA) is 113 Å². The van der Waals surface area contributed by atoms with Crippen LogP contribution in [-0.2, 0) is 11.8 Å². The van der Waals surface area contributed by atoms with Crippen molar-refractivity contribution in [3.8, 4) is 0 Å². The lowest BCUT2D eigenvalue weighted by Gasteiger charge is -2.42. The molecule has 0 bridgehead atoms. The molecule has 1 saturated heterocycles. The van der Waals surface area contributed by atoms with Gasteiger partial charge in [-0.1, -0.05) is 31.5 Å². The van der Waals surface area contributed by atoms with Gasteiger partial charge < -0.3 is 15.1 Å². The van der Waals surface area contributed by atoms with Crippen LogP contribution < -0.4 is 5.56 Å². The highest BCUT2D eigenvalue weighted by Crippen LogP contribution is 2.37. The first-order chi connectivity index (χ1) is 12.8. The van der Waals surface area contributed by atoms with Crippen LogP contribution in [-0.4, -0.2) is 56.0 Å². The Bertz CT molecular complexity index is 954. The number of rotatable bonds is 4. The summed E-state index contributed by atoms with van der Waals surface area (Å²) in [5.41, 5.74) is -1.41. The van der Waals surface area contributed by atoms with Gasteiger partial charge in [-0.2, -0.15) is 5.10 Å². The smallest absolute Gasteiger partial charge is 0.312 e. The number of aliphatic carboxylic acids is 1. The van der Waals surface area contributed by atoms with Crippen LogP contribution in [0.15, 0.2) is 29.1 Å². The molecule has 144 valence electrons. The molecule has 8 nitrogen and oxygen atoms in total. The molecule has 0 aliphatic carbocycles. The standard InChI is InChI=1S/C19H23N3O5/c1-3-8-19(18(26)27)9-10-22(11-14(19)23)17(25)15-12-6-4-5-7-13(12)16(24)21(2)20-15/h4-7,14,23H,3,8-11H2,1-2H3,(H,26,27)/t14-,19+/m1/s1. The van der Waals surface area contributed by atoms with Crippen molar-refractivity contribution < 1.29 is 19.8 Å². The number of carboxylic acids is 1. The van der Waals surface area contributed by atoms with Gasteiger partial charge in [0.15, 0.2) is 5.69 Å². The Hall–Kier alpha value is -2.74. The van der Waals surface area contributed by atoms with Crippen LogP contribution in [0.5, 0.6) is 0 Å². The van der Waals surface area contributed by atoms with Crippen molar-refractivity contribution in [1.82, 2.24) is 14.7 Å². The SMILES string of the molecule is CCC[C@]1(C(=O)O)CCN(C(=O)c2nn(C)c(=O)c3ccccc23)C[C@H]1O. The maximum atomic E-state index is 13.1. The zero-order chi connectivity index (χ0) is 19.8. The molecule has 0 saturated carbocycles. The molecule has 3 rings (SSSR count). The minimum atomic E-state index is -1.23. The number of carbonyl (C=O) groups excluding carboxylic acids is 1. The van der Waals surface area contributed by atoms with E-state index >= 15 is 0 Å². The van der Waals surface area contributed by atoms with E-state index in [4.69, 9.17) is 0 Å². The normalized spacial score (nSPS) is 22.8. The number of piperidine rings is 1. The maximum absolute atomic E-state index is 13.1. The highest BCUT2D eigenvalue weighted by molar-refractivity contribution is 6.04. The highest BCUT2D eigenvalue weighted by atomic mass is 16.4. The van der Waals surface area contributed by atoms with Crippen LogP contribution in [0.25, 0.3) is 10.8 Å². The number of nitrogens with zero attached hydrogens (tertiary/aromatic N) is 3. The molecular weight excluding hydrogens is 350 g/mol. The first-order valence-corrected chi connectivity index (χ1v) is 8.98. The van der Waals surface area contributed by atoms with Gasteiger partial charge in [0.2, 0.25) is 0 Å². The predicted molar refractivity (Wildman–Crippen MR) is 98.5 cm³/mol. The molecule has 1 aliphatic rings. The molecule has 1 fully saturated rings. The van der Waals surface area contributed by atoms with Gasteiger partial charge in [0.1, 0.15) is 0 Å². The number of β-amino-alcohol motifs (C(OH)–C–C–N with tert-alkyl or cyclic N) is 1. The number of fused-ring (bicyclic) bond motifs is 1. The number of aryl methyl sites for hydroxylation is 1. The number of benzene rings is 1. The summed E-state index contributed by atoms with van der Waals surface area (Å²) in [6, 6.07) is 6.74. The van der Waals surface area contributed by atoms with Crippen molar-refractivity contribution in [2.24, 2.45) is 12.5 Å². The number of carboxylic acid groups (broad SMARTS) is 1. The van der Waals surface area contributed by atoms with Gasteiger partial charge in [-0.3, -0.25) is 14.4 Å². The second kappa shape index (κ2) is 7.11. The van der Waals surface area contributed by atoms with Gasteiger partial charge in [0.05, 0.1) is 16.9 Å². The van der Waals surface area contributed by atoms with E-state index in [-0.39, 0.29) is 30.8 Å². The van der Waals surface area contributed by atoms with Crippen LogP contribution >= 0.6 is 0 Å². The summed E-state index contributed by atoms with van der Waals surface area (Å²) in [5.74, 6) is -1.45. The fraction of sp³-hybridized carbons (Fsp3) is 0.474. The number of hydrogen-bond donors (Lipinski definition) is 2. The molecule has 1 aromatic heterocycles. The molecule has 2 aromatic rings. The highest BCUT2D eigenvalue weighted by Gasteiger charge is 2.48. The molecule has 27 heavy (non-hydrogen) atoms. The summed E-state index contributed by atoms with van der Waals surface area (Å²) in [4.78, 5) is 38.5. The summed E-state index contributed by atoms with van der Waals surface area (Å²) in [7, 11) is 1.48. The third-order valence-electron chi connectivity index (χ3n) is 5.43. The Morgan fingerprint density at radius 1 is 1.30 bits per heavy atom. The van der Waals surface area contributed by atoms with E-state index in [2.05, 4.69) is 5.10 Å². The van der Waals surface area contributed by atoms with Crippen molar-refractivity contribution in [2.75, 3.05) is 13.1 Å². The van der Waals surface area contributed by atoms with E-state index in [9.17, 15) is 24.6 Å². The molecule has 1 amide bonds. The second-order valence-corrected chi connectivity index (χ2v) is 7.05. The van der Waals surface area contributed by atoms with Crippen LogP contribution in [0.1, 0.15) is 36.7 Å². The summed E-state index contributed by atoms with van der Waals surface area (Å²) in [6.07, 6.45) is -0.00433. The van der Waals surface area contributed by atoms with Crippen molar-refractivity contribution in [3.63, 3.8) is 0 Å². The molecule has 2 atom stereocenters. The molecule has 1 aromatic carbocycles. The third-order valence-corrected chi connectivity index (χ3v) is 5.43. The van der Waals surface area contributed by atoms with Crippen LogP contribution in [0, 0.1) is 5.41 Å². The average molecular weight is 373 g/mol. The average Bonchev–Trinajstić information content (AvgIpc) is 2.65. The Balaban J connectivity index is 1.95. The van der Waals surface area contributed by atoms with E-state index in [0.29, 0.717) is 23.6 Å². The fourth-order valence-corrected chi connectivity index (χ4v) is 3.86.